The molecule has 0 radical (unpaired) electrons. The second-order valence-electron chi connectivity index (χ2n) is 4.37. The Hall–Kier alpha value is -0.380. The van der Waals surface area contributed by atoms with Crippen LogP contribution in [-0.2, 0) is 4.74 Å². The highest BCUT2D eigenvalue weighted by Crippen LogP contribution is 2.23. The first-order chi connectivity index (χ1) is 6.40. The normalized spacial score (nSPS) is 14.4. The van der Waals surface area contributed by atoms with Gasteiger partial charge in [0.05, 0.1) is 12.2 Å². The maximum Gasteiger partial charge on any atom is 0.103 e. The number of hydrogen-bond donors (Lipinski definition) is 1. The van der Waals surface area contributed by atoms with Crippen LogP contribution in [0.2, 0.25) is 0 Å². The van der Waals surface area contributed by atoms with Gasteiger partial charge in [0.25, 0.3) is 0 Å². The summed E-state index contributed by atoms with van der Waals surface area (Å²) >= 11 is 1.65. The molecular formula is C11H18O2S. The Balaban J connectivity index is 2.51. The number of ether oxygens (including phenoxy) is 1. The van der Waals surface area contributed by atoms with Gasteiger partial charge in [-0.1, -0.05) is 0 Å². The quantitative estimate of drug-likeness (QED) is 0.838. The first kappa shape index (κ1) is 11.7. The molecule has 0 saturated heterocycles. The highest BCUT2D eigenvalue weighted by Gasteiger charge is 2.16. The van der Waals surface area contributed by atoms with E-state index in [1.54, 1.807) is 11.3 Å². The molecule has 1 rings (SSSR count). The van der Waals surface area contributed by atoms with Crippen LogP contribution in [0.3, 0.4) is 0 Å². The molecule has 0 fully saturated rings. The monoisotopic (exact) mass is 214 g/mol. The Morgan fingerprint density at radius 2 is 2.14 bits per heavy atom. The van der Waals surface area contributed by atoms with Gasteiger partial charge in [0.15, 0.2) is 0 Å². The third-order valence-corrected chi connectivity index (χ3v) is 2.79. The van der Waals surface area contributed by atoms with Gasteiger partial charge in [0.2, 0.25) is 0 Å². The number of hydrogen-bond acceptors (Lipinski definition) is 3. The zero-order chi connectivity index (χ0) is 10.8. The zero-order valence-corrected chi connectivity index (χ0v) is 10.0. The fourth-order valence-electron chi connectivity index (χ4n) is 1.16. The summed E-state index contributed by atoms with van der Waals surface area (Å²) in [5, 5.41) is 11.8. The van der Waals surface area contributed by atoms with Gasteiger partial charge in [0, 0.05) is 4.88 Å². The molecule has 0 amide bonds. The molecule has 1 unspecified atom stereocenters. The van der Waals surface area contributed by atoms with Crippen LogP contribution >= 0.6 is 11.3 Å². The van der Waals surface area contributed by atoms with Crippen molar-refractivity contribution < 1.29 is 9.84 Å². The predicted octanol–water partition coefficient (Wildman–Crippen LogP) is 2.91. The fraction of sp³-hybridized carbons (Fsp3) is 0.636. The van der Waals surface area contributed by atoms with Crippen LogP contribution in [0.4, 0.5) is 0 Å². The van der Waals surface area contributed by atoms with Crippen molar-refractivity contribution in [2.24, 2.45) is 0 Å². The summed E-state index contributed by atoms with van der Waals surface area (Å²) in [6, 6.07) is 1.96. The Morgan fingerprint density at radius 3 is 2.57 bits per heavy atom. The molecule has 1 N–H and O–H groups in total. The average molecular weight is 214 g/mol. The molecule has 1 aromatic heterocycles. The minimum absolute atomic E-state index is 0.190. The SMILES string of the molecule is Cc1sccc1C(O)COC(C)(C)C. The average Bonchev–Trinajstić information content (AvgIpc) is 2.46. The summed E-state index contributed by atoms with van der Waals surface area (Å²) < 4.78 is 5.52. The van der Waals surface area contributed by atoms with Crippen LogP contribution in [-0.4, -0.2) is 17.3 Å². The van der Waals surface area contributed by atoms with Crippen molar-refractivity contribution in [3.05, 3.63) is 21.9 Å². The predicted molar refractivity (Wildman–Crippen MR) is 59.7 cm³/mol. The number of thiophene rings is 1. The summed E-state index contributed by atoms with van der Waals surface area (Å²) in [4.78, 5) is 1.16. The summed E-state index contributed by atoms with van der Waals surface area (Å²) in [7, 11) is 0. The molecule has 3 heteroatoms. The summed E-state index contributed by atoms with van der Waals surface area (Å²) in [6.07, 6.45) is -0.500. The molecule has 0 aromatic carbocycles. The van der Waals surface area contributed by atoms with Gasteiger partial charge in [-0.25, -0.2) is 0 Å². The Kier molecular flexibility index (Phi) is 3.70. The van der Waals surface area contributed by atoms with Gasteiger partial charge in [-0.2, -0.15) is 0 Å². The molecule has 14 heavy (non-hydrogen) atoms. The molecule has 0 spiro atoms. The first-order valence-electron chi connectivity index (χ1n) is 4.76. The molecule has 80 valence electrons. The van der Waals surface area contributed by atoms with Crippen LogP contribution in [0, 0.1) is 6.92 Å². The van der Waals surface area contributed by atoms with Crippen LogP contribution in [0.1, 0.15) is 37.3 Å². The molecule has 1 heterocycles. The number of aliphatic hydroxyl groups excluding tert-OH is 1. The molecule has 0 aliphatic carbocycles. The van der Waals surface area contributed by atoms with E-state index in [-0.39, 0.29) is 5.60 Å². The standard InChI is InChI=1S/C11H18O2S/c1-8-9(5-6-14-8)10(12)7-13-11(2,3)4/h5-6,10,12H,7H2,1-4H3. The van der Waals surface area contributed by atoms with Crippen LogP contribution in [0.15, 0.2) is 11.4 Å². The van der Waals surface area contributed by atoms with Crippen molar-refractivity contribution in [1.82, 2.24) is 0 Å². The third-order valence-electron chi connectivity index (χ3n) is 1.93. The molecule has 2 nitrogen and oxygen atoms in total. The third kappa shape index (κ3) is 3.40. The van der Waals surface area contributed by atoms with Crippen molar-refractivity contribution in [3.63, 3.8) is 0 Å². The second-order valence-corrected chi connectivity index (χ2v) is 5.49. The van der Waals surface area contributed by atoms with Gasteiger partial charge in [-0.15, -0.1) is 11.3 Å². The van der Waals surface area contributed by atoms with Gasteiger partial charge in [-0.3, -0.25) is 0 Å². The number of rotatable bonds is 3. The molecule has 0 aliphatic rings. The zero-order valence-electron chi connectivity index (χ0n) is 9.20. The van der Waals surface area contributed by atoms with E-state index in [1.807, 2.05) is 39.1 Å². The Morgan fingerprint density at radius 1 is 1.50 bits per heavy atom. The lowest BCUT2D eigenvalue weighted by atomic mass is 10.1. The highest BCUT2D eigenvalue weighted by molar-refractivity contribution is 7.10. The smallest absolute Gasteiger partial charge is 0.103 e. The molecule has 1 aromatic rings. The van der Waals surface area contributed by atoms with Crippen LogP contribution in [0.5, 0.6) is 0 Å². The molecule has 1 atom stereocenters. The van der Waals surface area contributed by atoms with E-state index in [9.17, 15) is 5.11 Å². The van der Waals surface area contributed by atoms with Crippen LogP contribution in [0.25, 0.3) is 0 Å². The van der Waals surface area contributed by atoms with E-state index in [2.05, 4.69) is 0 Å². The molecule has 0 aliphatic heterocycles. The maximum atomic E-state index is 9.84. The van der Waals surface area contributed by atoms with E-state index >= 15 is 0 Å². The Bertz CT molecular complexity index is 286. The lowest BCUT2D eigenvalue weighted by Crippen LogP contribution is -2.22. The molecular weight excluding hydrogens is 196 g/mol. The van der Waals surface area contributed by atoms with Crippen molar-refractivity contribution >= 4 is 11.3 Å². The first-order valence-corrected chi connectivity index (χ1v) is 5.64. The maximum absolute atomic E-state index is 9.84. The van der Waals surface area contributed by atoms with E-state index in [0.29, 0.717) is 6.61 Å². The lowest BCUT2D eigenvalue weighted by Gasteiger charge is -2.22. The van der Waals surface area contributed by atoms with Gasteiger partial charge in [-0.05, 0) is 44.7 Å². The lowest BCUT2D eigenvalue weighted by molar-refractivity contribution is -0.0496. The van der Waals surface area contributed by atoms with E-state index in [0.717, 1.165) is 10.4 Å². The summed E-state index contributed by atoms with van der Waals surface area (Å²) in [6.45, 7) is 8.34. The van der Waals surface area contributed by atoms with Crippen molar-refractivity contribution in [2.45, 2.75) is 39.4 Å². The fourth-order valence-corrected chi connectivity index (χ4v) is 1.92. The van der Waals surface area contributed by atoms with Crippen molar-refractivity contribution in [3.8, 4) is 0 Å². The van der Waals surface area contributed by atoms with Crippen molar-refractivity contribution in [1.29, 1.82) is 0 Å². The van der Waals surface area contributed by atoms with Gasteiger partial charge in [0.1, 0.15) is 6.10 Å². The highest BCUT2D eigenvalue weighted by atomic mass is 32.1. The van der Waals surface area contributed by atoms with Crippen LogP contribution < -0.4 is 0 Å². The Labute approximate surface area is 89.5 Å². The van der Waals surface area contributed by atoms with Gasteiger partial charge < -0.3 is 9.84 Å². The van der Waals surface area contributed by atoms with E-state index < -0.39 is 6.10 Å². The number of aryl methyl sites for hydroxylation is 1. The second kappa shape index (κ2) is 4.43. The van der Waals surface area contributed by atoms with Gasteiger partial charge >= 0.3 is 0 Å². The largest absolute Gasteiger partial charge is 0.386 e. The topological polar surface area (TPSA) is 29.5 Å². The molecule has 0 bridgehead atoms. The minimum atomic E-state index is -0.500. The minimum Gasteiger partial charge on any atom is -0.386 e. The van der Waals surface area contributed by atoms with E-state index in [4.69, 9.17) is 4.74 Å². The molecule has 0 saturated carbocycles. The summed E-state index contributed by atoms with van der Waals surface area (Å²) in [5.41, 5.74) is 0.796. The number of aliphatic hydroxyl groups is 1. The van der Waals surface area contributed by atoms with E-state index in [1.165, 1.54) is 0 Å². The van der Waals surface area contributed by atoms with Crippen molar-refractivity contribution in [2.75, 3.05) is 6.61 Å². The summed E-state index contributed by atoms with van der Waals surface area (Å²) in [5.74, 6) is 0.